The lowest BCUT2D eigenvalue weighted by Gasteiger charge is -2.01. The van der Waals surface area contributed by atoms with Crippen LogP contribution in [0.25, 0.3) is 5.65 Å². The molecule has 0 radical (unpaired) electrons. The number of aryl methyl sites for hydroxylation is 1. The molecule has 0 unspecified atom stereocenters. The summed E-state index contributed by atoms with van der Waals surface area (Å²) < 4.78 is 6.14. The van der Waals surface area contributed by atoms with Gasteiger partial charge in [-0.15, -0.1) is 0 Å². The number of hydrogen-bond acceptors (Lipinski definition) is 4. The van der Waals surface area contributed by atoms with E-state index >= 15 is 0 Å². The van der Waals surface area contributed by atoms with Crippen LogP contribution in [0.5, 0.6) is 0 Å². The number of fused-ring (bicyclic) bond motifs is 1. The minimum absolute atomic E-state index is 0.188. The van der Waals surface area contributed by atoms with Crippen LogP contribution in [0.15, 0.2) is 10.9 Å². The van der Waals surface area contributed by atoms with Gasteiger partial charge in [0, 0.05) is 11.6 Å². The van der Waals surface area contributed by atoms with Gasteiger partial charge >= 0.3 is 5.97 Å². The molecule has 96 valence electrons. The molecule has 2 rings (SSSR count). The third-order valence-electron chi connectivity index (χ3n) is 2.77. The molecule has 0 spiro atoms. The molecular formula is C12H15N3O3. The Bertz CT molecular complexity index is 654. The van der Waals surface area contributed by atoms with Crippen molar-refractivity contribution in [1.82, 2.24) is 14.6 Å². The lowest BCUT2D eigenvalue weighted by Crippen LogP contribution is -2.20. The van der Waals surface area contributed by atoms with E-state index in [2.05, 4.69) is 10.1 Å². The lowest BCUT2D eigenvalue weighted by atomic mass is 10.2. The number of ether oxygens (including phenoxy) is 1. The number of esters is 1. The van der Waals surface area contributed by atoms with Crippen LogP contribution in [0.2, 0.25) is 0 Å². The van der Waals surface area contributed by atoms with Crippen molar-refractivity contribution in [1.29, 1.82) is 0 Å². The minimum atomic E-state index is -0.488. The van der Waals surface area contributed by atoms with Gasteiger partial charge in [-0.2, -0.15) is 0 Å². The Balaban J connectivity index is 2.61. The van der Waals surface area contributed by atoms with Gasteiger partial charge in [0.25, 0.3) is 5.56 Å². The summed E-state index contributed by atoms with van der Waals surface area (Å²) in [5.74, 6) is -0.488. The van der Waals surface area contributed by atoms with Gasteiger partial charge in [-0.05, 0) is 20.3 Å². The topological polar surface area (TPSA) is 76.5 Å². The van der Waals surface area contributed by atoms with Crippen molar-refractivity contribution in [3.05, 3.63) is 33.4 Å². The molecule has 0 aliphatic carbocycles. The molecule has 0 aromatic carbocycles. The Kier molecular flexibility index (Phi) is 3.18. The summed E-state index contributed by atoms with van der Waals surface area (Å²) in [5, 5.41) is 2.71. The highest BCUT2D eigenvalue weighted by molar-refractivity contribution is 5.88. The van der Waals surface area contributed by atoms with Crippen LogP contribution >= 0.6 is 0 Å². The molecule has 0 aliphatic heterocycles. The van der Waals surface area contributed by atoms with E-state index in [4.69, 9.17) is 4.74 Å². The van der Waals surface area contributed by atoms with E-state index in [1.165, 1.54) is 10.6 Å². The monoisotopic (exact) mass is 249 g/mol. The molecule has 2 heterocycles. The average Bonchev–Trinajstić information content (AvgIpc) is 2.78. The van der Waals surface area contributed by atoms with Gasteiger partial charge in [0.15, 0.2) is 5.65 Å². The van der Waals surface area contributed by atoms with Crippen LogP contribution in [-0.4, -0.2) is 27.2 Å². The third-order valence-corrected chi connectivity index (χ3v) is 2.77. The molecular weight excluding hydrogens is 234 g/mol. The van der Waals surface area contributed by atoms with Crippen molar-refractivity contribution in [3.63, 3.8) is 0 Å². The molecule has 0 saturated heterocycles. The van der Waals surface area contributed by atoms with E-state index in [0.29, 0.717) is 17.6 Å². The molecule has 2 aromatic rings. The molecule has 0 amide bonds. The molecule has 6 heteroatoms. The van der Waals surface area contributed by atoms with Crippen LogP contribution in [0.4, 0.5) is 0 Å². The maximum absolute atomic E-state index is 12.0. The average molecular weight is 249 g/mol. The van der Waals surface area contributed by atoms with Crippen molar-refractivity contribution in [2.24, 2.45) is 0 Å². The standard InChI is InChI=1S/C12H15N3O3/c1-4-8-7(3)11(16)15-10(13-8)6-9(14-15)12(17)18-5-2/h6,14H,4-5H2,1-3H3. The fourth-order valence-electron chi connectivity index (χ4n) is 1.81. The minimum Gasteiger partial charge on any atom is -0.461 e. The van der Waals surface area contributed by atoms with E-state index in [9.17, 15) is 9.59 Å². The van der Waals surface area contributed by atoms with Crippen molar-refractivity contribution < 1.29 is 9.53 Å². The molecule has 0 bridgehead atoms. The van der Waals surface area contributed by atoms with Crippen LogP contribution < -0.4 is 5.56 Å². The summed E-state index contributed by atoms with van der Waals surface area (Å²) >= 11 is 0. The smallest absolute Gasteiger partial charge is 0.356 e. The van der Waals surface area contributed by atoms with Crippen LogP contribution in [0.3, 0.4) is 0 Å². The largest absolute Gasteiger partial charge is 0.461 e. The number of rotatable bonds is 3. The van der Waals surface area contributed by atoms with Crippen molar-refractivity contribution in [2.45, 2.75) is 27.2 Å². The number of nitrogens with one attached hydrogen (secondary N) is 1. The van der Waals surface area contributed by atoms with Crippen LogP contribution in [0, 0.1) is 6.92 Å². The summed E-state index contributed by atoms with van der Waals surface area (Å²) in [6, 6.07) is 1.53. The summed E-state index contributed by atoms with van der Waals surface area (Å²) in [6.45, 7) is 5.68. The second-order valence-electron chi connectivity index (χ2n) is 3.93. The van der Waals surface area contributed by atoms with Crippen molar-refractivity contribution >= 4 is 11.6 Å². The zero-order chi connectivity index (χ0) is 13.3. The van der Waals surface area contributed by atoms with Crippen molar-refractivity contribution in [2.75, 3.05) is 6.61 Å². The number of carbonyl (C=O) groups excluding carboxylic acids is 1. The maximum Gasteiger partial charge on any atom is 0.356 e. The van der Waals surface area contributed by atoms with Crippen LogP contribution in [-0.2, 0) is 11.2 Å². The Labute approximate surface area is 104 Å². The fraction of sp³-hybridized carbons (Fsp3) is 0.417. The van der Waals surface area contributed by atoms with E-state index in [1.54, 1.807) is 13.8 Å². The van der Waals surface area contributed by atoms with Gasteiger partial charge in [0.1, 0.15) is 5.69 Å². The Hall–Kier alpha value is -2.11. The zero-order valence-electron chi connectivity index (χ0n) is 10.6. The predicted octanol–water partition coefficient (Wildman–Crippen LogP) is 1.07. The molecule has 0 saturated carbocycles. The number of H-pyrrole nitrogens is 1. The maximum atomic E-state index is 12.0. The molecule has 2 aromatic heterocycles. The van der Waals surface area contributed by atoms with E-state index in [-0.39, 0.29) is 17.9 Å². The zero-order valence-corrected chi connectivity index (χ0v) is 10.6. The second kappa shape index (κ2) is 4.64. The number of hydrogen-bond donors (Lipinski definition) is 1. The molecule has 0 aliphatic rings. The highest BCUT2D eigenvalue weighted by atomic mass is 16.5. The van der Waals surface area contributed by atoms with Gasteiger partial charge in [-0.25, -0.2) is 14.3 Å². The summed E-state index contributed by atoms with van der Waals surface area (Å²) in [6.07, 6.45) is 0.678. The Morgan fingerprint density at radius 2 is 2.22 bits per heavy atom. The van der Waals surface area contributed by atoms with Gasteiger partial charge in [0.05, 0.1) is 12.3 Å². The van der Waals surface area contributed by atoms with E-state index in [1.807, 2.05) is 6.92 Å². The number of aromatic amines is 1. The number of aromatic nitrogens is 3. The first-order valence-electron chi connectivity index (χ1n) is 5.86. The predicted molar refractivity (Wildman–Crippen MR) is 65.9 cm³/mol. The first kappa shape index (κ1) is 12.3. The van der Waals surface area contributed by atoms with E-state index < -0.39 is 5.97 Å². The van der Waals surface area contributed by atoms with Gasteiger partial charge < -0.3 is 4.74 Å². The summed E-state index contributed by atoms with van der Waals surface area (Å²) in [5.41, 5.74) is 1.81. The second-order valence-corrected chi connectivity index (χ2v) is 3.93. The highest BCUT2D eigenvalue weighted by Gasteiger charge is 2.14. The fourth-order valence-corrected chi connectivity index (χ4v) is 1.81. The Morgan fingerprint density at radius 3 is 2.83 bits per heavy atom. The van der Waals surface area contributed by atoms with Crippen molar-refractivity contribution in [3.8, 4) is 0 Å². The normalized spacial score (nSPS) is 10.8. The number of nitrogens with zero attached hydrogens (tertiary/aromatic N) is 2. The van der Waals surface area contributed by atoms with Gasteiger partial charge in [0.2, 0.25) is 0 Å². The molecule has 18 heavy (non-hydrogen) atoms. The molecule has 6 nitrogen and oxygen atoms in total. The quantitative estimate of drug-likeness (QED) is 0.825. The first-order chi connectivity index (χ1) is 8.58. The summed E-state index contributed by atoms with van der Waals surface area (Å²) in [7, 11) is 0. The van der Waals surface area contributed by atoms with Gasteiger partial charge in [-0.1, -0.05) is 6.92 Å². The SMILES string of the molecule is CCOC(=O)c1cc2nc(CC)c(C)c(=O)n2[nH]1. The van der Waals surface area contributed by atoms with Crippen LogP contribution in [0.1, 0.15) is 35.6 Å². The Morgan fingerprint density at radius 1 is 1.50 bits per heavy atom. The molecule has 0 fully saturated rings. The molecule has 0 atom stereocenters. The summed E-state index contributed by atoms with van der Waals surface area (Å²) in [4.78, 5) is 28.0. The lowest BCUT2D eigenvalue weighted by molar-refractivity contribution is 0.0519. The highest BCUT2D eigenvalue weighted by Crippen LogP contribution is 2.07. The number of carbonyl (C=O) groups is 1. The van der Waals surface area contributed by atoms with E-state index in [0.717, 1.165) is 5.69 Å². The first-order valence-corrected chi connectivity index (χ1v) is 5.86. The molecule has 1 N–H and O–H groups in total. The third kappa shape index (κ3) is 1.90. The van der Waals surface area contributed by atoms with Gasteiger partial charge in [-0.3, -0.25) is 9.89 Å².